The van der Waals surface area contributed by atoms with Gasteiger partial charge in [-0.25, -0.2) is 0 Å². The van der Waals surface area contributed by atoms with Gasteiger partial charge in [-0.05, 0) is 38.1 Å². The number of hydrogen-bond acceptors (Lipinski definition) is 3. The van der Waals surface area contributed by atoms with E-state index in [1.807, 2.05) is 18.3 Å². The van der Waals surface area contributed by atoms with Gasteiger partial charge in [-0.15, -0.1) is 0 Å². The Hall–Kier alpha value is -1.65. The molecule has 1 atom stereocenters. The number of hydrogen-bond donors (Lipinski definition) is 1. The molecule has 0 fully saturated rings. The van der Waals surface area contributed by atoms with Gasteiger partial charge in [-0.3, -0.25) is 4.68 Å². The molecule has 0 aliphatic rings. The van der Waals surface area contributed by atoms with Crippen LogP contribution in [0.4, 0.5) is 0 Å². The van der Waals surface area contributed by atoms with Gasteiger partial charge >= 0.3 is 0 Å². The lowest BCUT2D eigenvalue weighted by Crippen LogP contribution is -2.33. The van der Waals surface area contributed by atoms with Gasteiger partial charge in [0.05, 0.1) is 12.6 Å². The zero-order chi connectivity index (χ0) is 14.2. The first-order chi connectivity index (χ1) is 9.74. The number of likely N-dealkylation sites (N-methyl/N-ethyl adjacent to an activating group) is 1. The van der Waals surface area contributed by atoms with Gasteiger partial charge < -0.3 is 10.0 Å². The Morgan fingerprint density at radius 1 is 1.25 bits per heavy atom. The van der Waals surface area contributed by atoms with Gasteiger partial charge in [-0.1, -0.05) is 30.3 Å². The summed E-state index contributed by atoms with van der Waals surface area (Å²) in [6.07, 6.45) is 5.42. The van der Waals surface area contributed by atoms with E-state index in [2.05, 4.69) is 41.3 Å². The van der Waals surface area contributed by atoms with Gasteiger partial charge in [0.25, 0.3) is 0 Å². The van der Waals surface area contributed by atoms with Crippen molar-refractivity contribution in [3.05, 3.63) is 54.4 Å². The molecule has 1 heterocycles. The summed E-state index contributed by atoms with van der Waals surface area (Å²) in [6.45, 7) is 2.22. The average molecular weight is 273 g/mol. The monoisotopic (exact) mass is 273 g/mol. The van der Waals surface area contributed by atoms with Crippen LogP contribution in [0, 0.1) is 0 Å². The second-order valence-corrected chi connectivity index (χ2v) is 5.23. The van der Waals surface area contributed by atoms with Gasteiger partial charge in [0.1, 0.15) is 0 Å². The largest absolute Gasteiger partial charge is 0.390 e. The van der Waals surface area contributed by atoms with Crippen LogP contribution in [0.2, 0.25) is 0 Å². The van der Waals surface area contributed by atoms with Crippen LogP contribution in [0.3, 0.4) is 0 Å². The number of rotatable bonds is 8. The Bertz CT molecular complexity index is 470. The molecule has 2 rings (SSSR count). The van der Waals surface area contributed by atoms with Crippen LogP contribution in [0.15, 0.2) is 48.8 Å². The van der Waals surface area contributed by atoms with E-state index in [4.69, 9.17) is 0 Å². The molecule has 0 amide bonds. The highest BCUT2D eigenvalue weighted by Gasteiger charge is 2.09. The second kappa shape index (κ2) is 7.82. The zero-order valence-corrected chi connectivity index (χ0v) is 12.0. The van der Waals surface area contributed by atoms with Gasteiger partial charge in [0, 0.05) is 18.9 Å². The Balaban J connectivity index is 1.63. The van der Waals surface area contributed by atoms with E-state index in [0.29, 0.717) is 13.1 Å². The highest BCUT2D eigenvalue weighted by Crippen LogP contribution is 2.03. The van der Waals surface area contributed by atoms with E-state index in [9.17, 15) is 5.11 Å². The first-order valence-corrected chi connectivity index (χ1v) is 7.12. The van der Waals surface area contributed by atoms with Crippen molar-refractivity contribution >= 4 is 0 Å². The minimum absolute atomic E-state index is 0.378. The standard InChI is InChI=1S/C16H23N3O/c1-18(11-5-9-15-7-3-2-4-8-15)13-16(20)14-19-12-6-10-17-19/h2-4,6-8,10,12,16,20H,5,9,11,13-14H2,1H3/t16-/m1/s1. The van der Waals surface area contributed by atoms with Crippen molar-refractivity contribution in [2.45, 2.75) is 25.5 Å². The summed E-state index contributed by atoms with van der Waals surface area (Å²) in [5.74, 6) is 0. The fourth-order valence-electron chi connectivity index (χ4n) is 2.33. The van der Waals surface area contributed by atoms with Crippen LogP contribution in [0.25, 0.3) is 0 Å². The van der Waals surface area contributed by atoms with Crippen LogP contribution in [-0.2, 0) is 13.0 Å². The molecule has 0 saturated carbocycles. The van der Waals surface area contributed by atoms with Gasteiger partial charge in [0.15, 0.2) is 0 Å². The van der Waals surface area contributed by atoms with Crippen molar-refractivity contribution in [3.63, 3.8) is 0 Å². The average Bonchev–Trinajstić information content (AvgIpc) is 2.92. The smallest absolute Gasteiger partial charge is 0.0862 e. The number of aliphatic hydroxyl groups is 1. The predicted molar refractivity (Wildman–Crippen MR) is 80.5 cm³/mol. The van der Waals surface area contributed by atoms with E-state index in [1.54, 1.807) is 10.9 Å². The minimum Gasteiger partial charge on any atom is -0.390 e. The SMILES string of the molecule is CN(CCCc1ccccc1)C[C@@H](O)Cn1cccn1. The highest BCUT2D eigenvalue weighted by atomic mass is 16.3. The molecular formula is C16H23N3O. The van der Waals surface area contributed by atoms with Gasteiger partial charge in [0.2, 0.25) is 0 Å². The number of benzene rings is 1. The minimum atomic E-state index is -0.378. The van der Waals surface area contributed by atoms with Gasteiger partial charge in [-0.2, -0.15) is 5.10 Å². The van der Waals surface area contributed by atoms with Crippen molar-refractivity contribution in [1.29, 1.82) is 0 Å². The molecule has 1 aromatic heterocycles. The van der Waals surface area contributed by atoms with Crippen LogP contribution in [-0.4, -0.2) is 46.0 Å². The molecule has 0 spiro atoms. The molecule has 0 aliphatic heterocycles. The third-order valence-electron chi connectivity index (χ3n) is 3.33. The molecule has 0 saturated heterocycles. The fourth-order valence-corrected chi connectivity index (χ4v) is 2.33. The summed E-state index contributed by atoms with van der Waals surface area (Å²) >= 11 is 0. The molecule has 1 N–H and O–H groups in total. The van der Waals surface area contributed by atoms with Crippen molar-refractivity contribution in [2.75, 3.05) is 20.1 Å². The number of aliphatic hydroxyl groups excluding tert-OH is 1. The number of aromatic nitrogens is 2. The van der Waals surface area contributed by atoms with Crippen LogP contribution >= 0.6 is 0 Å². The summed E-state index contributed by atoms with van der Waals surface area (Å²) in [5, 5.41) is 14.1. The van der Waals surface area contributed by atoms with Crippen molar-refractivity contribution in [3.8, 4) is 0 Å². The second-order valence-electron chi connectivity index (χ2n) is 5.23. The molecule has 4 heteroatoms. The Morgan fingerprint density at radius 2 is 2.05 bits per heavy atom. The lowest BCUT2D eigenvalue weighted by Gasteiger charge is -2.20. The van der Waals surface area contributed by atoms with E-state index in [1.165, 1.54) is 5.56 Å². The molecule has 0 bridgehead atoms. The quantitative estimate of drug-likeness (QED) is 0.797. The van der Waals surface area contributed by atoms with E-state index < -0.39 is 0 Å². The number of nitrogens with zero attached hydrogens (tertiary/aromatic N) is 3. The summed E-state index contributed by atoms with van der Waals surface area (Å²) < 4.78 is 1.77. The van der Waals surface area contributed by atoms with E-state index >= 15 is 0 Å². The molecule has 20 heavy (non-hydrogen) atoms. The van der Waals surface area contributed by atoms with Crippen LogP contribution in [0.5, 0.6) is 0 Å². The third-order valence-corrected chi connectivity index (χ3v) is 3.33. The van der Waals surface area contributed by atoms with E-state index in [-0.39, 0.29) is 6.10 Å². The zero-order valence-electron chi connectivity index (χ0n) is 12.0. The van der Waals surface area contributed by atoms with Crippen molar-refractivity contribution in [2.24, 2.45) is 0 Å². The third kappa shape index (κ3) is 5.15. The maximum atomic E-state index is 10.0. The van der Waals surface area contributed by atoms with Crippen LogP contribution in [0.1, 0.15) is 12.0 Å². The molecular weight excluding hydrogens is 250 g/mol. The summed E-state index contributed by atoms with van der Waals surface area (Å²) in [6, 6.07) is 12.4. The molecule has 0 radical (unpaired) electrons. The Morgan fingerprint density at radius 3 is 2.75 bits per heavy atom. The van der Waals surface area contributed by atoms with Crippen molar-refractivity contribution < 1.29 is 5.11 Å². The molecule has 4 nitrogen and oxygen atoms in total. The molecule has 0 aliphatic carbocycles. The normalized spacial score (nSPS) is 12.8. The molecule has 0 unspecified atom stereocenters. The predicted octanol–water partition coefficient (Wildman–Crippen LogP) is 1.81. The van der Waals surface area contributed by atoms with Crippen LogP contribution < -0.4 is 0 Å². The number of aryl methyl sites for hydroxylation is 1. The summed E-state index contributed by atoms with van der Waals surface area (Å²) in [7, 11) is 2.05. The Labute approximate surface area is 120 Å². The maximum Gasteiger partial charge on any atom is 0.0862 e. The highest BCUT2D eigenvalue weighted by molar-refractivity contribution is 5.14. The summed E-state index contributed by atoms with van der Waals surface area (Å²) in [4.78, 5) is 2.18. The lowest BCUT2D eigenvalue weighted by molar-refractivity contribution is 0.106. The Kier molecular flexibility index (Phi) is 5.77. The topological polar surface area (TPSA) is 41.3 Å². The molecule has 108 valence electrons. The van der Waals surface area contributed by atoms with Crippen molar-refractivity contribution in [1.82, 2.24) is 14.7 Å². The summed E-state index contributed by atoms with van der Waals surface area (Å²) in [5.41, 5.74) is 1.37. The maximum absolute atomic E-state index is 10.0. The fraction of sp³-hybridized carbons (Fsp3) is 0.438. The first kappa shape index (κ1) is 14.8. The van der Waals surface area contributed by atoms with E-state index in [0.717, 1.165) is 19.4 Å². The first-order valence-electron chi connectivity index (χ1n) is 7.12. The molecule has 1 aromatic carbocycles. The molecule has 2 aromatic rings. The lowest BCUT2D eigenvalue weighted by atomic mass is 10.1.